The number of carbonyl (C=O) groups is 2. The van der Waals surface area contributed by atoms with Gasteiger partial charge in [0.25, 0.3) is 0 Å². The van der Waals surface area contributed by atoms with Crippen molar-refractivity contribution in [2.75, 3.05) is 0 Å². The number of hydrogen-bond acceptors (Lipinski definition) is 4. The highest BCUT2D eigenvalue weighted by atomic mass is 16.4. The first-order chi connectivity index (χ1) is 7.58. The molecule has 0 bridgehead atoms. The molecule has 82 valence electrons. The van der Waals surface area contributed by atoms with Crippen molar-refractivity contribution in [3.63, 3.8) is 0 Å². The third-order valence-electron chi connectivity index (χ3n) is 2.30. The third-order valence-corrected chi connectivity index (χ3v) is 2.30. The molecule has 0 spiro atoms. The minimum Gasteiger partial charge on any atom is -0.478 e. The van der Waals surface area contributed by atoms with E-state index < -0.39 is 11.9 Å². The Morgan fingerprint density at radius 1 is 1.19 bits per heavy atom. The van der Waals surface area contributed by atoms with Gasteiger partial charge in [0.1, 0.15) is 5.71 Å². The van der Waals surface area contributed by atoms with Gasteiger partial charge in [-0.1, -0.05) is 0 Å². The zero-order valence-corrected chi connectivity index (χ0v) is 8.17. The molecule has 0 fully saturated rings. The molecule has 0 saturated carbocycles. The van der Waals surface area contributed by atoms with Crippen LogP contribution in [0.25, 0.3) is 0 Å². The molecule has 0 saturated heterocycles. The van der Waals surface area contributed by atoms with E-state index in [2.05, 4.69) is 9.98 Å². The quantitative estimate of drug-likeness (QED) is 0.770. The Hall–Kier alpha value is -2.24. The minimum atomic E-state index is -1.10. The monoisotopic (exact) mass is 220 g/mol. The van der Waals surface area contributed by atoms with Gasteiger partial charge in [-0.05, 0) is 12.5 Å². The molecule has 0 amide bonds. The van der Waals surface area contributed by atoms with Crippen LogP contribution < -0.4 is 0 Å². The zero-order chi connectivity index (χ0) is 11.7. The fourth-order valence-corrected chi connectivity index (χ4v) is 1.48. The molecule has 1 aliphatic heterocycles. The van der Waals surface area contributed by atoms with Crippen LogP contribution in [0.1, 0.15) is 22.5 Å². The first kappa shape index (κ1) is 10.3. The smallest absolute Gasteiger partial charge is 0.350 e. The molecule has 6 heteroatoms. The molecule has 0 unspecified atom stereocenters. The second kappa shape index (κ2) is 3.73. The van der Waals surface area contributed by atoms with E-state index in [4.69, 9.17) is 10.2 Å². The van der Waals surface area contributed by atoms with E-state index in [0.29, 0.717) is 24.2 Å². The summed E-state index contributed by atoms with van der Waals surface area (Å²) in [5.41, 5.74) is 1.02. The number of aryl methyl sites for hydroxylation is 1. The average Bonchev–Trinajstić information content (AvgIpc) is 2.27. The largest absolute Gasteiger partial charge is 0.478 e. The van der Waals surface area contributed by atoms with Gasteiger partial charge in [-0.3, -0.25) is 4.98 Å². The number of aliphatic carboxylic acids is 1. The predicted molar refractivity (Wildman–Crippen MR) is 54.2 cm³/mol. The number of carboxylic acid groups (broad SMARTS) is 2. The lowest BCUT2D eigenvalue weighted by Gasteiger charge is -2.12. The molecule has 16 heavy (non-hydrogen) atoms. The average molecular weight is 220 g/mol. The molecule has 2 heterocycles. The second-order valence-electron chi connectivity index (χ2n) is 3.36. The van der Waals surface area contributed by atoms with Crippen molar-refractivity contribution in [2.45, 2.75) is 12.8 Å². The third kappa shape index (κ3) is 1.77. The minimum absolute atomic E-state index is 0.00846. The molecule has 1 aliphatic rings. The Balaban J connectivity index is 2.47. The molecule has 0 aliphatic carbocycles. The lowest BCUT2D eigenvalue weighted by atomic mass is 10.1. The normalized spacial score (nSPS) is 13.9. The van der Waals surface area contributed by atoms with E-state index in [0.717, 1.165) is 0 Å². The molecular weight excluding hydrogens is 212 g/mol. The van der Waals surface area contributed by atoms with Crippen LogP contribution in [0, 0.1) is 0 Å². The summed E-state index contributed by atoms with van der Waals surface area (Å²) in [5.74, 6) is -2.18. The summed E-state index contributed by atoms with van der Waals surface area (Å²) < 4.78 is 0. The van der Waals surface area contributed by atoms with Gasteiger partial charge < -0.3 is 10.2 Å². The van der Waals surface area contributed by atoms with E-state index in [1.165, 1.54) is 12.3 Å². The number of rotatable bonds is 2. The number of aromatic carboxylic acids is 1. The van der Waals surface area contributed by atoms with E-state index in [1.807, 2.05) is 0 Å². The number of pyridine rings is 1. The molecule has 1 aromatic heterocycles. The van der Waals surface area contributed by atoms with Crippen molar-refractivity contribution in [1.82, 2.24) is 4.98 Å². The van der Waals surface area contributed by atoms with Crippen molar-refractivity contribution >= 4 is 23.3 Å². The number of aliphatic imine (C=N–C) groups is 1. The Labute approximate surface area is 90.3 Å². The van der Waals surface area contributed by atoms with Gasteiger partial charge in [0.2, 0.25) is 0 Å². The Morgan fingerprint density at radius 2 is 1.94 bits per heavy atom. The molecule has 0 atom stereocenters. The zero-order valence-electron chi connectivity index (χ0n) is 8.17. The second-order valence-corrected chi connectivity index (χ2v) is 3.36. The Bertz CT molecular complexity index is 508. The van der Waals surface area contributed by atoms with E-state index in [9.17, 15) is 9.59 Å². The SMILES string of the molecule is O=C(O)C1=Nc2cc(C(=O)O)cnc2CC1. The standard InChI is InChI=1S/C10H8N2O4/c13-9(14)5-3-8-6(11-4-5)1-2-7(12-8)10(15)16/h3-4H,1-2H2,(H,13,14)(H,15,16). The Kier molecular flexibility index (Phi) is 2.40. The van der Waals surface area contributed by atoms with Crippen LogP contribution in [0.5, 0.6) is 0 Å². The highest BCUT2D eigenvalue weighted by Crippen LogP contribution is 2.25. The van der Waals surface area contributed by atoms with Crippen molar-refractivity contribution in [2.24, 2.45) is 4.99 Å². The predicted octanol–water partition coefficient (Wildman–Crippen LogP) is 0.883. The van der Waals surface area contributed by atoms with Crippen LogP contribution in [0.4, 0.5) is 5.69 Å². The van der Waals surface area contributed by atoms with Gasteiger partial charge in [0.05, 0.1) is 16.9 Å². The van der Waals surface area contributed by atoms with Crippen LogP contribution in [-0.2, 0) is 11.2 Å². The van der Waals surface area contributed by atoms with Gasteiger partial charge in [0, 0.05) is 12.6 Å². The van der Waals surface area contributed by atoms with Crippen molar-refractivity contribution < 1.29 is 19.8 Å². The summed E-state index contributed by atoms with van der Waals surface area (Å²) in [6.45, 7) is 0. The molecule has 0 radical (unpaired) electrons. The number of fused-ring (bicyclic) bond motifs is 1. The highest BCUT2D eigenvalue weighted by Gasteiger charge is 2.19. The highest BCUT2D eigenvalue weighted by molar-refractivity contribution is 6.36. The van der Waals surface area contributed by atoms with Gasteiger partial charge in [-0.15, -0.1) is 0 Å². The Morgan fingerprint density at radius 3 is 2.56 bits per heavy atom. The first-order valence-electron chi connectivity index (χ1n) is 4.61. The fraction of sp³-hybridized carbons (Fsp3) is 0.200. The van der Waals surface area contributed by atoms with Crippen LogP contribution in [0.2, 0.25) is 0 Å². The lowest BCUT2D eigenvalue weighted by molar-refractivity contribution is -0.129. The molecule has 2 N–H and O–H groups in total. The van der Waals surface area contributed by atoms with Crippen molar-refractivity contribution in [3.8, 4) is 0 Å². The van der Waals surface area contributed by atoms with Crippen LogP contribution in [0.3, 0.4) is 0 Å². The maximum atomic E-state index is 10.7. The molecular formula is C10H8N2O4. The summed E-state index contributed by atoms with van der Waals surface area (Å²) >= 11 is 0. The number of nitrogens with zero attached hydrogens (tertiary/aromatic N) is 2. The van der Waals surface area contributed by atoms with Crippen LogP contribution in [0.15, 0.2) is 17.3 Å². The van der Waals surface area contributed by atoms with Crippen molar-refractivity contribution in [1.29, 1.82) is 0 Å². The van der Waals surface area contributed by atoms with Gasteiger partial charge >= 0.3 is 11.9 Å². The number of aromatic nitrogens is 1. The number of carboxylic acids is 2. The summed E-state index contributed by atoms with van der Waals surface area (Å²) in [7, 11) is 0. The van der Waals surface area contributed by atoms with E-state index in [-0.39, 0.29) is 11.3 Å². The van der Waals surface area contributed by atoms with Crippen molar-refractivity contribution in [3.05, 3.63) is 23.5 Å². The molecule has 1 aromatic rings. The lowest BCUT2D eigenvalue weighted by Crippen LogP contribution is -2.17. The van der Waals surface area contributed by atoms with Crippen LogP contribution in [-0.4, -0.2) is 32.8 Å². The van der Waals surface area contributed by atoms with E-state index in [1.54, 1.807) is 0 Å². The number of hydrogen-bond donors (Lipinski definition) is 2. The summed E-state index contributed by atoms with van der Waals surface area (Å²) in [6.07, 6.45) is 2.05. The summed E-state index contributed by atoms with van der Waals surface area (Å²) in [4.78, 5) is 29.2. The van der Waals surface area contributed by atoms with E-state index >= 15 is 0 Å². The first-order valence-corrected chi connectivity index (χ1v) is 4.61. The van der Waals surface area contributed by atoms with Gasteiger partial charge in [-0.25, -0.2) is 14.6 Å². The maximum Gasteiger partial charge on any atom is 0.350 e. The summed E-state index contributed by atoms with van der Waals surface area (Å²) in [5, 5.41) is 17.5. The molecule has 2 rings (SSSR count). The topological polar surface area (TPSA) is 99.8 Å². The van der Waals surface area contributed by atoms with Gasteiger partial charge in [-0.2, -0.15) is 0 Å². The fourth-order valence-electron chi connectivity index (χ4n) is 1.48. The molecule has 0 aromatic carbocycles. The molecule has 6 nitrogen and oxygen atoms in total. The maximum absolute atomic E-state index is 10.7. The summed E-state index contributed by atoms with van der Waals surface area (Å²) in [6, 6.07) is 1.34. The van der Waals surface area contributed by atoms with Gasteiger partial charge in [0.15, 0.2) is 0 Å². The van der Waals surface area contributed by atoms with Crippen LogP contribution >= 0.6 is 0 Å².